The Morgan fingerprint density at radius 3 is 2.62 bits per heavy atom. The number of benzene rings is 3. The molecular formula is C24H23ClN4O4S. The molecule has 1 aromatic heterocycles. The average Bonchev–Trinajstić information content (AvgIpc) is 3.25. The Hall–Kier alpha value is -3.56. The molecule has 0 aliphatic carbocycles. The first-order valence-corrected chi connectivity index (χ1v) is 12.4. The summed E-state index contributed by atoms with van der Waals surface area (Å²) in [4.78, 5) is 16.8. The highest BCUT2D eigenvalue weighted by molar-refractivity contribution is 7.92. The van der Waals surface area contributed by atoms with Crippen LogP contribution in [0, 0.1) is 0 Å². The number of aromatic nitrogens is 2. The van der Waals surface area contributed by atoms with Gasteiger partial charge in [0.1, 0.15) is 10.6 Å². The fourth-order valence-electron chi connectivity index (χ4n) is 3.46. The number of hydrogen-bond donors (Lipinski definition) is 2. The number of halogens is 1. The molecule has 0 aliphatic rings. The molecule has 4 aromatic rings. The van der Waals surface area contributed by atoms with Crippen molar-refractivity contribution in [3.05, 3.63) is 83.6 Å². The molecule has 0 aliphatic heterocycles. The molecule has 1 amide bonds. The van der Waals surface area contributed by atoms with Gasteiger partial charge in [-0.05, 0) is 61.0 Å². The van der Waals surface area contributed by atoms with Gasteiger partial charge >= 0.3 is 0 Å². The molecule has 3 aromatic carbocycles. The lowest BCUT2D eigenvalue weighted by Gasteiger charge is -2.12. The van der Waals surface area contributed by atoms with Crippen LogP contribution in [-0.4, -0.2) is 37.5 Å². The summed E-state index contributed by atoms with van der Waals surface area (Å²) in [5, 5.41) is 2.84. The van der Waals surface area contributed by atoms with E-state index in [-0.39, 0.29) is 21.4 Å². The molecule has 0 spiro atoms. The van der Waals surface area contributed by atoms with E-state index in [0.29, 0.717) is 30.9 Å². The van der Waals surface area contributed by atoms with Crippen molar-refractivity contribution in [2.24, 2.45) is 0 Å². The minimum absolute atomic E-state index is 0.0181. The molecule has 0 atom stereocenters. The van der Waals surface area contributed by atoms with E-state index in [2.05, 4.69) is 15.0 Å². The van der Waals surface area contributed by atoms with Crippen LogP contribution in [0.4, 0.5) is 5.69 Å². The number of aryl methyl sites for hydroxylation is 1. The molecule has 0 fully saturated rings. The van der Waals surface area contributed by atoms with Crippen molar-refractivity contribution in [3.63, 3.8) is 0 Å². The second kappa shape index (κ2) is 10.1. The molecular weight excluding hydrogens is 476 g/mol. The highest BCUT2D eigenvalue weighted by atomic mass is 35.5. The summed E-state index contributed by atoms with van der Waals surface area (Å²) < 4.78 is 35.3. The van der Waals surface area contributed by atoms with Crippen molar-refractivity contribution in [2.45, 2.75) is 17.9 Å². The molecule has 8 nitrogen and oxygen atoms in total. The third-order valence-corrected chi connectivity index (χ3v) is 7.08. The smallest absolute Gasteiger partial charge is 0.263 e. The van der Waals surface area contributed by atoms with E-state index >= 15 is 0 Å². The molecule has 2 N–H and O–H groups in total. The zero-order valence-electron chi connectivity index (χ0n) is 18.4. The fraction of sp³-hybridized carbons (Fsp3) is 0.167. The number of fused-ring (bicyclic) bond motifs is 1. The number of para-hydroxylation sites is 2. The SMILES string of the molecule is COc1ccc(NS(=O)(=O)c2cc(C(=O)NCCCn3cnc4ccccc43)ccc2Cl)cc1. The minimum Gasteiger partial charge on any atom is -0.497 e. The number of anilines is 1. The van der Waals surface area contributed by atoms with Crippen LogP contribution < -0.4 is 14.8 Å². The number of amides is 1. The van der Waals surface area contributed by atoms with Gasteiger partial charge in [0.25, 0.3) is 15.9 Å². The van der Waals surface area contributed by atoms with E-state index in [1.807, 2.05) is 28.8 Å². The van der Waals surface area contributed by atoms with Crippen LogP contribution in [0.25, 0.3) is 11.0 Å². The first kappa shape index (κ1) is 23.6. The van der Waals surface area contributed by atoms with Crippen molar-refractivity contribution >= 4 is 44.3 Å². The van der Waals surface area contributed by atoms with Crippen LogP contribution in [0.15, 0.2) is 78.0 Å². The third kappa shape index (κ3) is 5.32. The highest BCUT2D eigenvalue weighted by Crippen LogP contribution is 2.26. The Morgan fingerprint density at radius 2 is 1.85 bits per heavy atom. The Morgan fingerprint density at radius 1 is 1.09 bits per heavy atom. The summed E-state index contributed by atoms with van der Waals surface area (Å²) in [6, 6.07) is 18.4. The first-order chi connectivity index (χ1) is 16.4. The van der Waals surface area contributed by atoms with Gasteiger partial charge < -0.3 is 14.6 Å². The topological polar surface area (TPSA) is 102 Å². The second-order valence-electron chi connectivity index (χ2n) is 7.52. The quantitative estimate of drug-likeness (QED) is 0.335. The zero-order valence-corrected chi connectivity index (χ0v) is 19.9. The van der Waals surface area contributed by atoms with Gasteiger partial charge in [0.05, 0.1) is 29.5 Å². The molecule has 10 heteroatoms. The van der Waals surface area contributed by atoms with Gasteiger partial charge in [0, 0.05) is 24.3 Å². The average molecular weight is 499 g/mol. The monoisotopic (exact) mass is 498 g/mol. The predicted octanol–water partition coefficient (Wildman–Crippen LogP) is 4.32. The highest BCUT2D eigenvalue weighted by Gasteiger charge is 2.20. The molecule has 34 heavy (non-hydrogen) atoms. The van der Waals surface area contributed by atoms with Crippen molar-refractivity contribution in [3.8, 4) is 5.75 Å². The van der Waals surface area contributed by atoms with Crippen molar-refractivity contribution in [2.75, 3.05) is 18.4 Å². The Labute approximate surface area is 202 Å². The number of carbonyl (C=O) groups is 1. The van der Waals surface area contributed by atoms with Crippen LogP contribution in [0.1, 0.15) is 16.8 Å². The molecule has 1 heterocycles. The van der Waals surface area contributed by atoms with E-state index in [1.165, 1.54) is 25.3 Å². The number of rotatable bonds is 9. The van der Waals surface area contributed by atoms with Gasteiger partial charge in [0.2, 0.25) is 0 Å². The van der Waals surface area contributed by atoms with Gasteiger partial charge in [-0.25, -0.2) is 13.4 Å². The van der Waals surface area contributed by atoms with Crippen molar-refractivity contribution in [1.29, 1.82) is 0 Å². The van der Waals surface area contributed by atoms with Crippen molar-refractivity contribution in [1.82, 2.24) is 14.9 Å². The number of nitrogens with zero attached hydrogens (tertiary/aromatic N) is 2. The van der Waals surface area contributed by atoms with Crippen LogP contribution in [-0.2, 0) is 16.6 Å². The predicted molar refractivity (Wildman–Crippen MR) is 132 cm³/mol. The normalized spacial score (nSPS) is 11.4. The number of nitrogens with one attached hydrogen (secondary N) is 2. The summed E-state index contributed by atoms with van der Waals surface area (Å²) in [7, 11) is -2.49. The standard InChI is InChI=1S/C24H23ClN4O4S/c1-33-19-10-8-18(9-11-19)28-34(31,32)23-15-17(7-12-20(23)25)24(30)26-13-4-14-29-16-27-21-5-2-3-6-22(21)29/h2-3,5-12,15-16,28H,4,13-14H2,1H3,(H,26,30). The van der Waals surface area contributed by atoms with E-state index in [0.717, 1.165) is 11.0 Å². The van der Waals surface area contributed by atoms with Crippen LogP contribution in [0.5, 0.6) is 5.75 Å². The van der Waals surface area contributed by atoms with Gasteiger partial charge in [0.15, 0.2) is 0 Å². The molecule has 0 bridgehead atoms. The number of imidazole rings is 1. The fourth-order valence-corrected chi connectivity index (χ4v) is 5.05. The maximum atomic E-state index is 12.9. The summed E-state index contributed by atoms with van der Waals surface area (Å²) in [6.45, 7) is 1.10. The molecule has 0 saturated carbocycles. The minimum atomic E-state index is -4.01. The van der Waals surface area contributed by atoms with E-state index < -0.39 is 10.0 Å². The zero-order chi connectivity index (χ0) is 24.1. The number of hydrogen-bond acceptors (Lipinski definition) is 5. The molecule has 176 valence electrons. The number of ether oxygens (including phenoxy) is 1. The van der Waals surface area contributed by atoms with Crippen LogP contribution in [0.3, 0.4) is 0 Å². The van der Waals surface area contributed by atoms with Gasteiger partial charge in [-0.3, -0.25) is 9.52 Å². The number of methoxy groups -OCH3 is 1. The lowest BCUT2D eigenvalue weighted by Crippen LogP contribution is -2.25. The summed E-state index contributed by atoms with van der Waals surface area (Å²) in [6.07, 6.45) is 2.46. The van der Waals surface area contributed by atoms with Gasteiger partial charge in [-0.2, -0.15) is 0 Å². The van der Waals surface area contributed by atoms with E-state index in [9.17, 15) is 13.2 Å². The molecule has 0 radical (unpaired) electrons. The van der Waals surface area contributed by atoms with E-state index in [4.69, 9.17) is 16.3 Å². The first-order valence-electron chi connectivity index (χ1n) is 10.5. The van der Waals surface area contributed by atoms with Crippen molar-refractivity contribution < 1.29 is 17.9 Å². The van der Waals surface area contributed by atoms with E-state index in [1.54, 1.807) is 30.6 Å². The lowest BCUT2D eigenvalue weighted by atomic mass is 10.2. The number of carbonyl (C=O) groups excluding carboxylic acids is 1. The van der Waals surface area contributed by atoms with Crippen LogP contribution >= 0.6 is 11.6 Å². The maximum Gasteiger partial charge on any atom is 0.263 e. The maximum absolute atomic E-state index is 12.9. The van der Waals surface area contributed by atoms with Gasteiger partial charge in [-0.15, -0.1) is 0 Å². The Bertz CT molecular complexity index is 1420. The second-order valence-corrected chi connectivity index (χ2v) is 9.57. The summed E-state index contributed by atoms with van der Waals surface area (Å²) >= 11 is 6.15. The Balaban J connectivity index is 1.39. The van der Waals surface area contributed by atoms with Crippen LogP contribution in [0.2, 0.25) is 5.02 Å². The number of sulfonamides is 1. The molecule has 4 rings (SSSR count). The van der Waals surface area contributed by atoms with Gasteiger partial charge in [-0.1, -0.05) is 23.7 Å². The Kier molecular flexibility index (Phi) is 7.04. The third-order valence-electron chi connectivity index (χ3n) is 5.21. The molecule has 0 unspecified atom stereocenters. The summed E-state index contributed by atoms with van der Waals surface area (Å²) in [5.41, 5.74) is 2.50. The largest absolute Gasteiger partial charge is 0.497 e. The summed E-state index contributed by atoms with van der Waals surface area (Å²) in [5.74, 6) is 0.217. The lowest BCUT2D eigenvalue weighted by molar-refractivity contribution is 0.0952. The molecule has 0 saturated heterocycles.